The normalized spacial score (nSPS) is 11.1. The topological polar surface area (TPSA) is 137 Å². The maximum atomic E-state index is 10.6. The first-order valence-electron chi connectivity index (χ1n) is 3.76. The minimum Gasteiger partial charge on any atom is -0.744 e. The average molecular weight is 243 g/mol. The van der Waals surface area contributed by atoms with Crippen LogP contribution in [0.1, 0.15) is 20.7 Å². The van der Waals surface area contributed by atoms with Gasteiger partial charge in [-0.15, -0.1) is 0 Å². The Morgan fingerprint density at radius 2 is 1.50 bits per heavy atom. The third-order valence-corrected chi connectivity index (χ3v) is 2.55. The molecule has 0 amide bonds. The minimum atomic E-state index is -4.86. The largest absolute Gasteiger partial charge is 0.744 e. The lowest BCUT2D eigenvalue weighted by atomic mass is 10.1. The zero-order chi connectivity index (χ0) is 12.5. The molecule has 0 aromatic heterocycles. The lowest BCUT2D eigenvalue weighted by Gasteiger charge is -2.14. The van der Waals surface area contributed by atoms with Crippen molar-refractivity contribution in [1.29, 1.82) is 0 Å². The van der Waals surface area contributed by atoms with Crippen LogP contribution in [0.4, 0.5) is 0 Å². The van der Waals surface area contributed by atoms with Gasteiger partial charge in [-0.1, -0.05) is 6.07 Å². The molecule has 1 rings (SSSR count). The van der Waals surface area contributed by atoms with Crippen molar-refractivity contribution in [3.8, 4) is 0 Å². The second kappa shape index (κ2) is 3.91. The number of aromatic carboxylic acids is 2. The predicted octanol–water partition coefficient (Wildman–Crippen LogP) is -2.68. The van der Waals surface area contributed by atoms with E-state index in [2.05, 4.69) is 0 Å². The average Bonchev–Trinajstić information content (AvgIpc) is 2.15. The second-order valence-corrected chi connectivity index (χ2v) is 4.12. The molecule has 0 radical (unpaired) electrons. The maximum Gasteiger partial charge on any atom is 0.124 e. The Balaban J connectivity index is 3.52. The van der Waals surface area contributed by atoms with Crippen molar-refractivity contribution >= 4 is 22.1 Å². The first-order chi connectivity index (χ1) is 7.23. The molecular formula is C8H3O7S-3. The predicted molar refractivity (Wildman–Crippen MR) is 43.1 cm³/mol. The maximum absolute atomic E-state index is 10.6. The number of carboxylic acid groups (broad SMARTS) is 2. The van der Waals surface area contributed by atoms with Gasteiger partial charge in [-0.2, -0.15) is 0 Å². The summed E-state index contributed by atoms with van der Waals surface area (Å²) in [6.07, 6.45) is 0. The highest BCUT2D eigenvalue weighted by Gasteiger charge is 2.09. The standard InChI is InChI=1S/C8H6O7S/c9-7(10)5-2-1-4(16(13,14)15)3-6(5)8(11)12/h1-3H,(H,9,10)(H,11,12)(H,13,14,15)/p-3. The molecule has 0 aliphatic carbocycles. The number of carbonyl (C=O) groups is 2. The molecule has 0 saturated heterocycles. The van der Waals surface area contributed by atoms with E-state index in [-0.39, 0.29) is 0 Å². The van der Waals surface area contributed by atoms with Crippen LogP contribution in [-0.4, -0.2) is 24.9 Å². The molecule has 8 heteroatoms. The molecule has 1 aromatic carbocycles. The van der Waals surface area contributed by atoms with Crippen molar-refractivity contribution in [1.82, 2.24) is 0 Å². The fourth-order valence-electron chi connectivity index (χ4n) is 1.03. The Hall–Kier alpha value is -1.93. The summed E-state index contributed by atoms with van der Waals surface area (Å²) in [4.78, 5) is 20.1. The van der Waals surface area contributed by atoms with Gasteiger partial charge in [-0.05, 0) is 12.1 Å². The number of hydrogen-bond donors (Lipinski definition) is 0. The fraction of sp³-hybridized carbons (Fsp3) is 0. The van der Waals surface area contributed by atoms with E-state index in [1.165, 1.54) is 0 Å². The fourth-order valence-corrected chi connectivity index (χ4v) is 1.52. The molecule has 0 fully saturated rings. The monoisotopic (exact) mass is 243 g/mol. The van der Waals surface area contributed by atoms with Crippen molar-refractivity contribution in [2.45, 2.75) is 4.90 Å². The van der Waals surface area contributed by atoms with Gasteiger partial charge < -0.3 is 24.4 Å². The summed E-state index contributed by atoms with van der Waals surface area (Å²) < 4.78 is 31.7. The lowest BCUT2D eigenvalue weighted by Crippen LogP contribution is -2.30. The molecule has 7 nitrogen and oxygen atoms in total. The van der Waals surface area contributed by atoms with Gasteiger partial charge in [0, 0.05) is 11.1 Å². The van der Waals surface area contributed by atoms with Gasteiger partial charge >= 0.3 is 0 Å². The molecule has 16 heavy (non-hydrogen) atoms. The van der Waals surface area contributed by atoms with Crippen LogP contribution in [-0.2, 0) is 10.1 Å². The molecule has 0 saturated carbocycles. The Labute approximate surface area is 89.7 Å². The Morgan fingerprint density at radius 3 is 1.88 bits per heavy atom. The van der Waals surface area contributed by atoms with Gasteiger partial charge in [0.15, 0.2) is 0 Å². The molecule has 0 N–H and O–H groups in total. The zero-order valence-electron chi connectivity index (χ0n) is 7.50. The van der Waals surface area contributed by atoms with Gasteiger partial charge in [-0.25, -0.2) is 8.42 Å². The van der Waals surface area contributed by atoms with E-state index in [9.17, 15) is 32.8 Å². The van der Waals surface area contributed by atoms with Crippen molar-refractivity contribution < 1.29 is 32.8 Å². The molecule has 0 aliphatic heterocycles. The molecule has 0 unspecified atom stereocenters. The molecule has 0 bridgehead atoms. The molecule has 0 atom stereocenters. The molecule has 86 valence electrons. The van der Waals surface area contributed by atoms with Crippen LogP contribution in [0.15, 0.2) is 23.1 Å². The van der Waals surface area contributed by atoms with Crippen LogP contribution in [0.3, 0.4) is 0 Å². The van der Waals surface area contributed by atoms with E-state index < -0.39 is 38.1 Å². The van der Waals surface area contributed by atoms with Crippen molar-refractivity contribution in [2.24, 2.45) is 0 Å². The SMILES string of the molecule is O=C([O-])c1ccc(S(=O)(=O)[O-])cc1C(=O)[O-]. The zero-order valence-corrected chi connectivity index (χ0v) is 8.31. The first-order valence-corrected chi connectivity index (χ1v) is 5.17. The van der Waals surface area contributed by atoms with E-state index in [1.807, 2.05) is 0 Å². The van der Waals surface area contributed by atoms with Crippen molar-refractivity contribution in [2.75, 3.05) is 0 Å². The number of carbonyl (C=O) groups excluding carboxylic acids is 2. The molecule has 0 spiro atoms. The van der Waals surface area contributed by atoms with Gasteiger partial charge in [0.25, 0.3) is 0 Å². The summed E-state index contributed by atoms with van der Waals surface area (Å²) in [5, 5.41) is 21.0. The molecule has 0 heterocycles. The number of rotatable bonds is 3. The molecule has 1 aromatic rings. The van der Waals surface area contributed by atoms with Crippen LogP contribution in [0.5, 0.6) is 0 Å². The minimum absolute atomic E-state index is 0.419. The van der Waals surface area contributed by atoms with Gasteiger partial charge in [0.1, 0.15) is 10.1 Å². The highest BCUT2D eigenvalue weighted by atomic mass is 32.2. The third kappa shape index (κ3) is 2.35. The summed E-state index contributed by atoms with van der Waals surface area (Å²) in [6, 6.07) is 1.76. The smallest absolute Gasteiger partial charge is 0.124 e. The highest BCUT2D eigenvalue weighted by Crippen LogP contribution is 2.15. The van der Waals surface area contributed by atoms with Gasteiger partial charge in [-0.3, -0.25) is 0 Å². The van der Waals surface area contributed by atoms with E-state index in [1.54, 1.807) is 0 Å². The van der Waals surface area contributed by atoms with Gasteiger partial charge in [0.05, 0.1) is 16.8 Å². The summed E-state index contributed by atoms with van der Waals surface area (Å²) in [5.74, 6) is -3.72. The van der Waals surface area contributed by atoms with E-state index in [0.717, 1.165) is 0 Å². The van der Waals surface area contributed by atoms with E-state index in [0.29, 0.717) is 18.2 Å². The summed E-state index contributed by atoms with van der Waals surface area (Å²) in [7, 11) is -4.86. The second-order valence-electron chi connectivity index (χ2n) is 2.74. The van der Waals surface area contributed by atoms with Crippen LogP contribution >= 0.6 is 0 Å². The van der Waals surface area contributed by atoms with Crippen LogP contribution < -0.4 is 10.2 Å². The van der Waals surface area contributed by atoms with Crippen LogP contribution in [0, 0.1) is 0 Å². The van der Waals surface area contributed by atoms with Crippen molar-refractivity contribution in [3.63, 3.8) is 0 Å². The molecular weight excluding hydrogens is 240 g/mol. The number of benzene rings is 1. The summed E-state index contributed by atoms with van der Waals surface area (Å²) >= 11 is 0. The van der Waals surface area contributed by atoms with Crippen LogP contribution in [0.25, 0.3) is 0 Å². The van der Waals surface area contributed by atoms with E-state index in [4.69, 9.17) is 0 Å². The highest BCUT2D eigenvalue weighted by molar-refractivity contribution is 7.85. The Bertz CT molecular complexity index is 558. The number of carboxylic acids is 2. The lowest BCUT2D eigenvalue weighted by molar-refractivity contribution is -0.259. The summed E-state index contributed by atoms with van der Waals surface area (Å²) in [5.41, 5.74) is -1.68. The van der Waals surface area contributed by atoms with Gasteiger partial charge in [0.2, 0.25) is 0 Å². The Kier molecular flexibility index (Phi) is 2.97. The quantitative estimate of drug-likeness (QED) is 0.527. The summed E-state index contributed by atoms with van der Waals surface area (Å²) in [6.45, 7) is 0. The molecule has 0 aliphatic rings. The number of hydrogen-bond acceptors (Lipinski definition) is 7. The third-order valence-electron chi connectivity index (χ3n) is 1.72. The Morgan fingerprint density at radius 1 is 1.00 bits per heavy atom. The van der Waals surface area contributed by atoms with Crippen LogP contribution in [0.2, 0.25) is 0 Å². The van der Waals surface area contributed by atoms with Crippen molar-refractivity contribution in [3.05, 3.63) is 29.3 Å². The van der Waals surface area contributed by atoms with E-state index >= 15 is 0 Å². The first kappa shape index (κ1) is 12.1.